The highest BCUT2D eigenvalue weighted by Crippen LogP contribution is 2.24. The standard InChI is InChI=1S/C12H13NO5/c1-2-3-8(12(17)18)13-11(16)7-4-5-9(14)10(15)6-7/h2,4-6,8,14-15H,1,3H2,(H,13,16)(H,17,18). The van der Waals surface area contributed by atoms with Gasteiger partial charge in [-0.1, -0.05) is 6.08 Å². The van der Waals surface area contributed by atoms with Crippen LogP contribution in [0.1, 0.15) is 16.8 Å². The summed E-state index contributed by atoms with van der Waals surface area (Å²) in [5.74, 6) is -2.63. The Balaban J connectivity index is 2.83. The molecule has 4 N–H and O–H groups in total. The van der Waals surface area contributed by atoms with Crippen LogP contribution >= 0.6 is 0 Å². The van der Waals surface area contributed by atoms with E-state index in [0.717, 1.165) is 12.1 Å². The zero-order valence-electron chi connectivity index (χ0n) is 9.46. The number of hydrogen-bond acceptors (Lipinski definition) is 4. The minimum Gasteiger partial charge on any atom is -0.504 e. The fraction of sp³-hybridized carbons (Fsp3) is 0.167. The van der Waals surface area contributed by atoms with Crippen LogP contribution in [0.25, 0.3) is 0 Å². The average molecular weight is 251 g/mol. The minimum atomic E-state index is -1.17. The van der Waals surface area contributed by atoms with Crippen molar-refractivity contribution in [2.24, 2.45) is 0 Å². The summed E-state index contributed by atoms with van der Waals surface area (Å²) < 4.78 is 0. The number of carboxylic acid groups (broad SMARTS) is 1. The van der Waals surface area contributed by atoms with Crippen molar-refractivity contribution in [3.63, 3.8) is 0 Å². The van der Waals surface area contributed by atoms with Gasteiger partial charge in [0.2, 0.25) is 0 Å². The first-order valence-electron chi connectivity index (χ1n) is 5.12. The molecule has 1 amide bonds. The first kappa shape index (κ1) is 13.6. The van der Waals surface area contributed by atoms with Crippen LogP contribution in [0.4, 0.5) is 0 Å². The third-order valence-electron chi connectivity index (χ3n) is 2.24. The predicted octanol–water partition coefficient (Wildman–Crippen LogP) is 0.857. The van der Waals surface area contributed by atoms with Gasteiger partial charge in [0.05, 0.1) is 0 Å². The molecule has 0 fully saturated rings. The fourth-order valence-corrected chi connectivity index (χ4v) is 1.29. The second kappa shape index (κ2) is 5.72. The van der Waals surface area contributed by atoms with E-state index in [1.54, 1.807) is 0 Å². The molecule has 18 heavy (non-hydrogen) atoms. The predicted molar refractivity (Wildman–Crippen MR) is 63.5 cm³/mol. The van der Waals surface area contributed by atoms with Gasteiger partial charge in [0, 0.05) is 5.56 Å². The van der Waals surface area contributed by atoms with Gasteiger partial charge in [0.25, 0.3) is 5.91 Å². The van der Waals surface area contributed by atoms with E-state index in [1.165, 1.54) is 12.1 Å². The van der Waals surface area contributed by atoms with E-state index in [0.29, 0.717) is 0 Å². The summed E-state index contributed by atoms with van der Waals surface area (Å²) in [7, 11) is 0. The molecule has 0 radical (unpaired) electrons. The molecule has 1 unspecified atom stereocenters. The van der Waals surface area contributed by atoms with Gasteiger partial charge in [-0.15, -0.1) is 6.58 Å². The highest BCUT2D eigenvalue weighted by atomic mass is 16.4. The molecule has 6 heteroatoms. The van der Waals surface area contributed by atoms with Crippen molar-refractivity contribution in [2.45, 2.75) is 12.5 Å². The topological polar surface area (TPSA) is 107 Å². The summed E-state index contributed by atoms with van der Waals surface area (Å²) in [6.45, 7) is 3.40. The largest absolute Gasteiger partial charge is 0.504 e. The Kier molecular flexibility index (Phi) is 4.31. The Hall–Kier alpha value is -2.50. The molecule has 0 aliphatic rings. The maximum absolute atomic E-state index is 11.7. The summed E-state index contributed by atoms with van der Waals surface area (Å²) in [6.07, 6.45) is 1.47. The number of rotatable bonds is 5. The monoisotopic (exact) mass is 251 g/mol. The lowest BCUT2D eigenvalue weighted by atomic mass is 10.1. The van der Waals surface area contributed by atoms with Crippen LogP contribution < -0.4 is 5.32 Å². The number of aromatic hydroxyl groups is 2. The molecule has 0 saturated heterocycles. The van der Waals surface area contributed by atoms with Crippen LogP contribution in [0, 0.1) is 0 Å². The third-order valence-corrected chi connectivity index (χ3v) is 2.24. The van der Waals surface area contributed by atoms with Gasteiger partial charge in [-0.2, -0.15) is 0 Å². The van der Waals surface area contributed by atoms with Crippen LogP contribution in [-0.4, -0.2) is 33.2 Å². The summed E-state index contributed by atoms with van der Waals surface area (Å²) in [5, 5.41) is 29.4. The first-order chi connectivity index (χ1) is 8.45. The Morgan fingerprint density at radius 2 is 2.00 bits per heavy atom. The van der Waals surface area contributed by atoms with Crippen LogP contribution in [-0.2, 0) is 4.79 Å². The van der Waals surface area contributed by atoms with E-state index in [9.17, 15) is 14.7 Å². The lowest BCUT2D eigenvalue weighted by Gasteiger charge is -2.12. The first-order valence-corrected chi connectivity index (χ1v) is 5.12. The van der Waals surface area contributed by atoms with Gasteiger partial charge < -0.3 is 20.6 Å². The van der Waals surface area contributed by atoms with Gasteiger partial charge in [-0.25, -0.2) is 4.79 Å². The van der Waals surface area contributed by atoms with Crippen molar-refractivity contribution in [1.82, 2.24) is 5.32 Å². The summed E-state index contributed by atoms with van der Waals surface area (Å²) in [5.41, 5.74) is 0.0561. The number of aliphatic carboxylic acids is 1. The number of nitrogens with one attached hydrogen (secondary N) is 1. The van der Waals surface area contributed by atoms with Crippen LogP contribution in [0.5, 0.6) is 11.5 Å². The minimum absolute atomic E-state index is 0.0561. The van der Waals surface area contributed by atoms with Crippen molar-refractivity contribution >= 4 is 11.9 Å². The number of phenols is 2. The Labute approximate surface area is 103 Å². The fourth-order valence-electron chi connectivity index (χ4n) is 1.29. The number of carbonyl (C=O) groups excluding carboxylic acids is 1. The summed E-state index contributed by atoms with van der Waals surface area (Å²) in [6, 6.07) is 2.40. The summed E-state index contributed by atoms with van der Waals surface area (Å²) in [4.78, 5) is 22.5. The lowest BCUT2D eigenvalue weighted by molar-refractivity contribution is -0.139. The smallest absolute Gasteiger partial charge is 0.326 e. The average Bonchev–Trinajstić information content (AvgIpc) is 2.31. The number of hydrogen-bond donors (Lipinski definition) is 4. The molecule has 1 aromatic carbocycles. The van der Waals surface area contributed by atoms with E-state index in [2.05, 4.69) is 11.9 Å². The molecule has 0 spiro atoms. The van der Waals surface area contributed by atoms with Crippen LogP contribution in [0.2, 0.25) is 0 Å². The van der Waals surface area contributed by atoms with Crippen molar-refractivity contribution < 1.29 is 24.9 Å². The maximum atomic E-state index is 11.7. The highest BCUT2D eigenvalue weighted by molar-refractivity contribution is 5.97. The molecule has 0 saturated carbocycles. The van der Waals surface area contributed by atoms with E-state index in [-0.39, 0.29) is 17.7 Å². The van der Waals surface area contributed by atoms with Crippen LogP contribution in [0.3, 0.4) is 0 Å². The molecule has 1 atom stereocenters. The molecular weight excluding hydrogens is 238 g/mol. The number of amides is 1. The molecule has 0 bridgehead atoms. The normalized spacial score (nSPS) is 11.6. The molecule has 1 aromatic rings. The molecule has 1 rings (SSSR count). The van der Waals surface area contributed by atoms with Gasteiger partial charge in [-0.05, 0) is 24.6 Å². The zero-order chi connectivity index (χ0) is 13.7. The molecule has 96 valence electrons. The Morgan fingerprint density at radius 1 is 1.33 bits per heavy atom. The number of carboxylic acids is 1. The van der Waals surface area contributed by atoms with E-state index >= 15 is 0 Å². The van der Waals surface area contributed by atoms with Gasteiger partial charge in [0.1, 0.15) is 6.04 Å². The van der Waals surface area contributed by atoms with Gasteiger partial charge in [0.15, 0.2) is 11.5 Å². The number of benzene rings is 1. The maximum Gasteiger partial charge on any atom is 0.326 e. The molecule has 6 nitrogen and oxygen atoms in total. The zero-order valence-corrected chi connectivity index (χ0v) is 9.46. The summed E-state index contributed by atoms with van der Waals surface area (Å²) >= 11 is 0. The lowest BCUT2D eigenvalue weighted by Crippen LogP contribution is -2.40. The van der Waals surface area contributed by atoms with E-state index in [1.807, 2.05) is 0 Å². The van der Waals surface area contributed by atoms with Crippen molar-refractivity contribution in [3.05, 3.63) is 36.4 Å². The number of carbonyl (C=O) groups is 2. The van der Waals surface area contributed by atoms with Crippen molar-refractivity contribution in [3.8, 4) is 11.5 Å². The molecule has 0 aliphatic carbocycles. The van der Waals surface area contributed by atoms with E-state index < -0.39 is 23.7 Å². The molecule has 0 aromatic heterocycles. The van der Waals surface area contributed by atoms with Crippen LogP contribution in [0.15, 0.2) is 30.9 Å². The second-order valence-electron chi connectivity index (χ2n) is 3.59. The second-order valence-corrected chi connectivity index (χ2v) is 3.59. The Morgan fingerprint density at radius 3 is 2.50 bits per heavy atom. The Bertz CT molecular complexity index is 483. The van der Waals surface area contributed by atoms with E-state index in [4.69, 9.17) is 10.2 Å². The van der Waals surface area contributed by atoms with Crippen molar-refractivity contribution in [2.75, 3.05) is 0 Å². The SMILES string of the molecule is C=CCC(NC(=O)c1ccc(O)c(O)c1)C(=O)O. The highest BCUT2D eigenvalue weighted by Gasteiger charge is 2.19. The third kappa shape index (κ3) is 3.24. The van der Waals surface area contributed by atoms with Gasteiger partial charge in [-0.3, -0.25) is 4.79 Å². The quantitative estimate of drug-likeness (QED) is 0.458. The molecule has 0 heterocycles. The number of phenolic OH excluding ortho intramolecular Hbond substituents is 2. The van der Waals surface area contributed by atoms with Gasteiger partial charge >= 0.3 is 5.97 Å². The van der Waals surface area contributed by atoms with Crippen molar-refractivity contribution in [1.29, 1.82) is 0 Å². The molecule has 0 aliphatic heterocycles. The molecular formula is C12H13NO5.